The summed E-state index contributed by atoms with van der Waals surface area (Å²) in [6.45, 7) is 5.64. The Kier molecular flexibility index (Phi) is 12.6. The molecule has 1 aromatic heterocycles. The number of fused-ring (bicyclic) bond motifs is 1. The van der Waals surface area contributed by atoms with Crippen molar-refractivity contribution in [2.24, 2.45) is 11.3 Å². The Bertz CT molecular complexity index is 2160. The maximum Gasteiger partial charge on any atom is 0.341 e. The van der Waals surface area contributed by atoms with Gasteiger partial charge in [-0.25, -0.2) is 14.8 Å². The van der Waals surface area contributed by atoms with E-state index < -0.39 is 35.6 Å². The van der Waals surface area contributed by atoms with Crippen molar-refractivity contribution in [2.45, 2.75) is 89.1 Å². The van der Waals surface area contributed by atoms with Crippen LogP contribution in [0.25, 0.3) is 0 Å². The average molecular weight is 835 g/mol. The maximum atomic E-state index is 13.3. The monoisotopic (exact) mass is 834 g/mol. The number of benzene rings is 2. The minimum Gasteiger partial charge on any atom is -0.465 e. The molecule has 1 aliphatic carbocycles. The van der Waals surface area contributed by atoms with Gasteiger partial charge in [0.15, 0.2) is 11.6 Å². The van der Waals surface area contributed by atoms with E-state index in [0.717, 1.165) is 101 Å². The lowest BCUT2D eigenvalue weighted by molar-refractivity contribution is -0.136. The second-order valence-corrected chi connectivity index (χ2v) is 17.2. The van der Waals surface area contributed by atoms with Crippen molar-refractivity contribution in [3.63, 3.8) is 0 Å². The van der Waals surface area contributed by atoms with E-state index >= 15 is 0 Å². The molecular weight excluding hydrogens is 781 g/mol. The summed E-state index contributed by atoms with van der Waals surface area (Å²) in [4.78, 5) is 90.1. The minimum atomic E-state index is -1.00. The molecule has 61 heavy (non-hydrogen) atoms. The molecule has 4 aliphatic heterocycles. The maximum absolute atomic E-state index is 13.3. The van der Waals surface area contributed by atoms with Crippen molar-refractivity contribution < 1.29 is 38.2 Å². The summed E-state index contributed by atoms with van der Waals surface area (Å²) in [6.07, 6.45) is 12.7. The molecular formula is C45H54N8O8. The molecule has 4 fully saturated rings. The van der Waals surface area contributed by atoms with Crippen LogP contribution in [-0.2, 0) is 19.1 Å². The van der Waals surface area contributed by atoms with Crippen LogP contribution < -0.4 is 25.6 Å². The van der Waals surface area contributed by atoms with Gasteiger partial charge in [0.05, 0.1) is 24.4 Å². The lowest BCUT2D eigenvalue weighted by atomic mass is 9.71. The normalized spacial score (nSPS) is 22.3. The summed E-state index contributed by atoms with van der Waals surface area (Å²) in [5.41, 5.74) is 1.64. The van der Waals surface area contributed by atoms with Crippen LogP contribution in [-0.4, -0.2) is 114 Å². The van der Waals surface area contributed by atoms with E-state index in [9.17, 15) is 28.8 Å². The molecule has 3 N–H and O–H groups in total. The van der Waals surface area contributed by atoms with Gasteiger partial charge in [-0.3, -0.25) is 34.2 Å². The van der Waals surface area contributed by atoms with Crippen LogP contribution in [0.2, 0.25) is 0 Å². The fraction of sp³-hybridized carbons (Fsp3) is 0.511. The van der Waals surface area contributed by atoms with Crippen LogP contribution in [0.1, 0.15) is 108 Å². The van der Waals surface area contributed by atoms with Crippen molar-refractivity contribution in [3.8, 4) is 11.5 Å². The number of imide groups is 2. The third-order valence-electron chi connectivity index (χ3n) is 13.0. The lowest BCUT2D eigenvalue weighted by Gasteiger charge is -2.54. The third-order valence-corrected chi connectivity index (χ3v) is 13.0. The van der Waals surface area contributed by atoms with Crippen molar-refractivity contribution in [1.29, 1.82) is 0 Å². The number of carbonyl (C=O) groups is 6. The van der Waals surface area contributed by atoms with Crippen LogP contribution >= 0.6 is 0 Å². The highest BCUT2D eigenvalue weighted by Crippen LogP contribution is 2.45. The first kappa shape index (κ1) is 41.8. The average Bonchev–Trinajstić information content (AvgIpc) is 3.51. The molecule has 5 aliphatic rings. The zero-order valence-electron chi connectivity index (χ0n) is 34.7. The van der Waals surface area contributed by atoms with Crippen LogP contribution in [0.4, 0.5) is 11.5 Å². The van der Waals surface area contributed by atoms with Gasteiger partial charge in [0.1, 0.15) is 23.7 Å². The summed E-state index contributed by atoms with van der Waals surface area (Å²) in [5.74, 6) is -0.177. The molecule has 0 radical (unpaired) electrons. The summed E-state index contributed by atoms with van der Waals surface area (Å²) in [5, 5.41) is 8.77. The van der Waals surface area contributed by atoms with Crippen molar-refractivity contribution in [3.05, 3.63) is 71.7 Å². The molecule has 3 saturated heterocycles. The quantitative estimate of drug-likeness (QED) is 0.109. The fourth-order valence-corrected chi connectivity index (χ4v) is 9.64. The minimum absolute atomic E-state index is 0.0725. The van der Waals surface area contributed by atoms with Gasteiger partial charge in [-0.05, 0) is 101 Å². The predicted molar refractivity (Wildman–Crippen MR) is 224 cm³/mol. The SMILES string of the molecule is COC(=O)c1ccccc1Oc1cncnc1N1CC2(CCN(CC3CCC(NC(=O)CCCCCNc4cccc5c4C(=O)N(C4CCC(=O)NC4=O)C5=O)CC3)CC2)C1. The molecule has 0 bridgehead atoms. The standard InChI is InChI=1S/C45H54N8O8/c1-60-44(59)31-8-4-5-11-35(31)61-36-24-46-28-48-40(36)52-26-45(27-52)19-22-51(23-20-45)25-29-13-15-30(16-14-29)49-37(54)12-3-2-6-21-47-33-10-7-9-32-39(33)43(58)53(42(32)57)34-17-18-38(55)50-41(34)56/h4-5,7-11,24,28-30,34,47H,2-3,6,12-23,25-27H2,1H3,(H,49,54)(H,50,55,56). The van der Waals surface area contributed by atoms with Crippen LogP contribution in [0.15, 0.2) is 55.0 Å². The summed E-state index contributed by atoms with van der Waals surface area (Å²) >= 11 is 0. The molecule has 1 saturated carbocycles. The number of nitrogens with zero attached hydrogens (tertiary/aromatic N) is 5. The number of anilines is 2. The lowest BCUT2D eigenvalue weighted by Crippen LogP contribution is -2.61. The smallest absolute Gasteiger partial charge is 0.341 e. The van der Waals surface area contributed by atoms with E-state index in [1.165, 1.54) is 13.4 Å². The van der Waals surface area contributed by atoms with E-state index in [0.29, 0.717) is 41.6 Å². The molecule has 1 unspecified atom stereocenters. The number of ether oxygens (including phenoxy) is 2. The number of rotatable bonds is 15. The zero-order chi connectivity index (χ0) is 42.5. The Balaban J connectivity index is 0.701. The first-order valence-corrected chi connectivity index (χ1v) is 21.6. The number of aromatic nitrogens is 2. The first-order chi connectivity index (χ1) is 29.6. The molecule has 3 aromatic rings. The molecule has 1 spiro atoms. The summed E-state index contributed by atoms with van der Waals surface area (Å²) in [6, 6.07) is 11.3. The van der Waals surface area contributed by atoms with Gasteiger partial charge >= 0.3 is 5.97 Å². The number of hydrogen-bond acceptors (Lipinski definition) is 13. The van der Waals surface area contributed by atoms with Crippen LogP contribution in [0, 0.1) is 11.3 Å². The van der Waals surface area contributed by atoms with Crippen molar-refractivity contribution in [2.75, 3.05) is 56.6 Å². The van der Waals surface area contributed by atoms with Gasteiger partial charge in [-0.15, -0.1) is 0 Å². The molecule has 2 aromatic carbocycles. The zero-order valence-corrected chi connectivity index (χ0v) is 34.7. The molecule has 1 atom stereocenters. The highest BCUT2D eigenvalue weighted by Gasteiger charge is 2.47. The van der Waals surface area contributed by atoms with E-state index in [1.54, 1.807) is 42.6 Å². The van der Waals surface area contributed by atoms with Crippen molar-refractivity contribution in [1.82, 2.24) is 30.4 Å². The number of carbonyl (C=O) groups excluding carboxylic acids is 6. The Morgan fingerprint density at radius 1 is 0.902 bits per heavy atom. The number of para-hydroxylation sites is 1. The molecule has 5 heterocycles. The Labute approximate surface area is 355 Å². The number of piperidine rings is 2. The van der Waals surface area contributed by atoms with Gasteiger partial charge < -0.3 is 29.9 Å². The number of nitrogens with one attached hydrogen (secondary N) is 3. The van der Waals surface area contributed by atoms with E-state index in [-0.39, 0.29) is 41.3 Å². The largest absolute Gasteiger partial charge is 0.465 e. The molecule has 8 rings (SSSR count). The highest BCUT2D eigenvalue weighted by molar-refractivity contribution is 6.25. The Hall–Kier alpha value is -5.90. The van der Waals surface area contributed by atoms with E-state index in [1.807, 2.05) is 6.07 Å². The highest BCUT2D eigenvalue weighted by atomic mass is 16.5. The first-order valence-electron chi connectivity index (χ1n) is 21.6. The third kappa shape index (κ3) is 9.24. The molecule has 5 amide bonds. The Morgan fingerprint density at radius 2 is 1.69 bits per heavy atom. The van der Waals surface area contributed by atoms with Gasteiger partial charge in [0.25, 0.3) is 11.8 Å². The number of likely N-dealkylation sites (tertiary alicyclic amines) is 1. The van der Waals surface area contributed by atoms with Crippen molar-refractivity contribution >= 4 is 47.0 Å². The summed E-state index contributed by atoms with van der Waals surface area (Å²) in [7, 11) is 1.35. The van der Waals surface area contributed by atoms with Gasteiger partial charge in [0.2, 0.25) is 17.7 Å². The van der Waals surface area contributed by atoms with Crippen LogP contribution in [0.3, 0.4) is 0 Å². The van der Waals surface area contributed by atoms with Gasteiger partial charge in [0, 0.05) is 56.2 Å². The van der Waals surface area contributed by atoms with Gasteiger partial charge in [-0.2, -0.15) is 0 Å². The number of methoxy groups -OCH3 is 1. The number of amides is 5. The number of unbranched alkanes of at least 4 members (excludes halogenated alkanes) is 2. The number of esters is 1. The van der Waals surface area contributed by atoms with Gasteiger partial charge in [-0.1, -0.05) is 24.6 Å². The fourth-order valence-electron chi connectivity index (χ4n) is 9.64. The van der Waals surface area contributed by atoms with E-state index in [2.05, 4.69) is 35.7 Å². The molecule has 16 heteroatoms. The second kappa shape index (κ2) is 18.4. The molecule has 322 valence electrons. The van der Waals surface area contributed by atoms with E-state index in [4.69, 9.17) is 9.47 Å². The second-order valence-electron chi connectivity index (χ2n) is 17.2. The topological polar surface area (TPSA) is 192 Å². The van der Waals surface area contributed by atoms with Crippen LogP contribution in [0.5, 0.6) is 11.5 Å². The number of hydrogen-bond donors (Lipinski definition) is 3. The Morgan fingerprint density at radius 3 is 2.46 bits per heavy atom. The summed E-state index contributed by atoms with van der Waals surface area (Å²) < 4.78 is 11.1. The predicted octanol–water partition coefficient (Wildman–Crippen LogP) is 4.71. The molecule has 16 nitrogen and oxygen atoms in total.